The predicted octanol–water partition coefficient (Wildman–Crippen LogP) is 1.12. The number of benzene rings is 1. The molecule has 0 spiro atoms. The second-order valence-electron chi connectivity index (χ2n) is 6.00. The molecule has 2 fully saturated rings. The maximum absolute atomic E-state index is 12.6. The second-order valence-corrected chi connectivity index (χ2v) is 6.00. The first kappa shape index (κ1) is 14.3. The maximum atomic E-state index is 12.6. The number of aromatic nitrogens is 4. The molecule has 1 aromatic carbocycles. The van der Waals surface area contributed by atoms with Crippen molar-refractivity contribution in [2.75, 3.05) is 13.2 Å². The van der Waals surface area contributed by atoms with Crippen LogP contribution < -0.4 is 0 Å². The smallest absolute Gasteiger partial charge is 0.246 e. The Morgan fingerprint density at radius 2 is 2.13 bits per heavy atom. The molecule has 23 heavy (non-hydrogen) atoms. The molecule has 2 heterocycles. The Morgan fingerprint density at radius 1 is 1.26 bits per heavy atom. The van der Waals surface area contributed by atoms with Gasteiger partial charge >= 0.3 is 0 Å². The van der Waals surface area contributed by atoms with Gasteiger partial charge in [0.2, 0.25) is 11.7 Å². The summed E-state index contributed by atoms with van der Waals surface area (Å²) in [7, 11) is 0. The number of amides is 1. The summed E-state index contributed by atoms with van der Waals surface area (Å²) >= 11 is 0. The van der Waals surface area contributed by atoms with Crippen molar-refractivity contribution in [3.8, 4) is 11.4 Å². The minimum absolute atomic E-state index is 0.0437. The number of tetrazole rings is 1. The molecule has 4 rings (SSSR count). The number of morpholine rings is 1. The zero-order valence-electron chi connectivity index (χ0n) is 12.8. The van der Waals surface area contributed by atoms with E-state index in [1.165, 1.54) is 4.80 Å². The minimum atomic E-state index is 0.0437. The summed E-state index contributed by atoms with van der Waals surface area (Å²) in [6, 6.07) is 9.86. The summed E-state index contributed by atoms with van der Waals surface area (Å²) in [5.41, 5.74) is 0.897. The van der Waals surface area contributed by atoms with Crippen LogP contribution in [0.25, 0.3) is 11.4 Å². The zero-order chi connectivity index (χ0) is 15.6. The maximum Gasteiger partial charge on any atom is 0.246 e. The molecule has 7 heteroatoms. The van der Waals surface area contributed by atoms with Crippen molar-refractivity contribution >= 4 is 5.91 Å². The van der Waals surface area contributed by atoms with E-state index in [-0.39, 0.29) is 24.6 Å². The molecule has 1 amide bonds. The van der Waals surface area contributed by atoms with E-state index in [1.54, 1.807) is 0 Å². The molecule has 1 aliphatic carbocycles. The molecule has 1 aliphatic heterocycles. The molecule has 0 N–H and O–H groups in total. The van der Waals surface area contributed by atoms with Crippen LogP contribution in [0.15, 0.2) is 30.3 Å². The first-order valence-electron chi connectivity index (χ1n) is 8.05. The highest BCUT2D eigenvalue weighted by molar-refractivity contribution is 5.76. The van der Waals surface area contributed by atoms with Crippen molar-refractivity contribution in [3.05, 3.63) is 30.3 Å². The topological polar surface area (TPSA) is 73.1 Å². The third-order valence-corrected chi connectivity index (χ3v) is 4.56. The van der Waals surface area contributed by atoms with Gasteiger partial charge in [-0.05, 0) is 24.5 Å². The lowest BCUT2D eigenvalue weighted by molar-refractivity contribution is -0.145. The minimum Gasteiger partial charge on any atom is -0.374 e. The predicted molar refractivity (Wildman–Crippen MR) is 82.3 cm³/mol. The van der Waals surface area contributed by atoms with Crippen LogP contribution >= 0.6 is 0 Å². The number of hydrogen-bond donors (Lipinski definition) is 0. The van der Waals surface area contributed by atoms with E-state index >= 15 is 0 Å². The fraction of sp³-hybridized carbons (Fsp3) is 0.500. The molecule has 0 bridgehead atoms. The second kappa shape index (κ2) is 6.08. The van der Waals surface area contributed by atoms with Crippen molar-refractivity contribution in [1.82, 2.24) is 25.1 Å². The van der Waals surface area contributed by atoms with E-state index in [2.05, 4.69) is 15.4 Å². The average Bonchev–Trinajstić information content (AvgIpc) is 3.24. The normalized spacial score (nSPS) is 23.7. The molecule has 1 saturated carbocycles. The first-order chi connectivity index (χ1) is 11.3. The lowest BCUT2D eigenvalue weighted by atomic mass is 10.1. The summed E-state index contributed by atoms with van der Waals surface area (Å²) in [6.45, 7) is 1.40. The Labute approximate surface area is 134 Å². The van der Waals surface area contributed by atoms with Crippen LogP contribution in [0.2, 0.25) is 0 Å². The number of carbonyl (C=O) groups is 1. The molecule has 2 atom stereocenters. The summed E-state index contributed by atoms with van der Waals surface area (Å²) in [5.74, 6) is 0.585. The number of nitrogens with zero attached hydrogens (tertiary/aromatic N) is 5. The summed E-state index contributed by atoms with van der Waals surface area (Å²) in [4.78, 5) is 15.9. The summed E-state index contributed by atoms with van der Waals surface area (Å²) in [5, 5.41) is 12.4. The van der Waals surface area contributed by atoms with E-state index in [0.29, 0.717) is 19.0 Å². The van der Waals surface area contributed by atoms with Gasteiger partial charge in [-0.25, -0.2) is 0 Å². The van der Waals surface area contributed by atoms with Crippen molar-refractivity contribution in [1.29, 1.82) is 0 Å². The van der Waals surface area contributed by atoms with Gasteiger partial charge < -0.3 is 9.64 Å². The van der Waals surface area contributed by atoms with Gasteiger partial charge in [-0.3, -0.25) is 4.79 Å². The molecule has 7 nitrogen and oxygen atoms in total. The third kappa shape index (κ3) is 2.84. The van der Waals surface area contributed by atoms with Gasteiger partial charge in [0.15, 0.2) is 0 Å². The van der Waals surface area contributed by atoms with Crippen molar-refractivity contribution < 1.29 is 9.53 Å². The van der Waals surface area contributed by atoms with Gasteiger partial charge in [0.1, 0.15) is 6.54 Å². The SMILES string of the molecule is O=C(Cn1nnc(-c2ccccc2)n1)N1CCO[C@H]2CCC[C@H]21. The third-order valence-electron chi connectivity index (χ3n) is 4.56. The fourth-order valence-corrected chi connectivity index (χ4v) is 3.46. The monoisotopic (exact) mass is 313 g/mol. The molecular formula is C16H19N5O2. The molecule has 1 saturated heterocycles. The number of fused-ring (bicyclic) bond motifs is 1. The van der Waals surface area contributed by atoms with E-state index in [1.807, 2.05) is 35.2 Å². The number of hydrogen-bond acceptors (Lipinski definition) is 5. The van der Waals surface area contributed by atoms with E-state index < -0.39 is 0 Å². The molecule has 2 aromatic rings. The Morgan fingerprint density at radius 3 is 3.00 bits per heavy atom. The van der Waals surface area contributed by atoms with Crippen LogP contribution in [0, 0.1) is 0 Å². The lowest BCUT2D eigenvalue weighted by Gasteiger charge is -2.37. The number of ether oxygens (including phenoxy) is 1. The highest BCUT2D eigenvalue weighted by Gasteiger charge is 2.38. The quantitative estimate of drug-likeness (QED) is 0.849. The van der Waals surface area contributed by atoms with Gasteiger partial charge in [-0.15, -0.1) is 10.2 Å². The van der Waals surface area contributed by atoms with Gasteiger partial charge in [-0.1, -0.05) is 30.3 Å². The molecule has 120 valence electrons. The van der Waals surface area contributed by atoms with Gasteiger partial charge in [0.25, 0.3) is 0 Å². The van der Waals surface area contributed by atoms with Crippen molar-refractivity contribution in [3.63, 3.8) is 0 Å². The van der Waals surface area contributed by atoms with Crippen LogP contribution in [0.4, 0.5) is 0 Å². The fourth-order valence-electron chi connectivity index (χ4n) is 3.46. The first-order valence-corrected chi connectivity index (χ1v) is 8.05. The summed E-state index contributed by atoms with van der Waals surface area (Å²) < 4.78 is 5.75. The van der Waals surface area contributed by atoms with Crippen molar-refractivity contribution in [2.24, 2.45) is 0 Å². The summed E-state index contributed by atoms with van der Waals surface area (Å²) in [6.07, 6.45) is 3.40. The van der Waals surface area contributed by atoms with Crippen LogP contribution in [0.1, 0.15) is 19.3 Å². The van der Waals surface area contributed by atoms with Crippen LogP contribution in [0.5, 0.6) is 0 Å². The van der Waals surface area contributed by atoms with Crippen LogP contribution in [-0.4, -0.2) is 56.3 Å². The highest BCUT2D eigenvalue weighted by atomic mass is 16.5. The van der Waals surface area contributed by atoms with E-state index in [4.69, 9.17) is 4.74 Å². The van der Waals surface area contributed by atoms with Crippen LogP contribution in [-0.2, 0) is 16.1 Å². The average molecular weight is 313 g/mol. The van der Waals surface area contributed by atoms with Gasteiger partial charge in [0.05, 0.1) is 18.8 Å². The number of rotatable bonds is 3. The Kier molecular flexibility index (Phi) is 3.78. The molecule has 0 unspecified atom stereocenters. The largest absolute Gasteiger partial charge is 0.374 e. The van der Waals surface area contributed by atoms with Crippen molar-refractivity contribution in [2.45, 2.75) is 38.0 Å². The van der Waals surface area contributed by atoms with E-state index in [0.717, 1.165) is 24.8 Å². The molecule has 0 radical (unpaired) electrons. The van der Waals surface area contributed by atoms with E-state index in [9.17, 15) is 4.79 Å². The molecular weight excluding hydrogens is 294 g/mol. The highest BCUT2D eigenvalue weighted by Crippen LogP contribution is 2.29. The Hall–Kier alpha value is -2.28. The lowest BCUT2D eigenvalue weighted by Crippen LogP contribution is -2.52. The molecule has 1 aromatic heterocycles. The van der Waals surface area contributed by atoms with Gasteiger partial charge in [-0.2, -0.15) is 4.80 Å². The molecule has 2 aliphatic rings. The Bertz CT molecular complexity index is 687. The van der Waals surface area contributed by atoms with Gasteiger partial charge in [0, 0.05) is 12.1 Å². The van der Waals surface area contributed by atoms with Crippen LogP contribution in [0.3, 0.4) is 0 Å². The Balaban J connectivity index is 1.46. The standard InChI is InChI=1S/C16H19N5O2/c22-15(20-9-10-23-14-8-4-7-13(14)20)11-21-18-16(17-19-21)12-5-2-1-3-6-12/h1-3,5-6,13-14H,4,7-11H2/t13-,14+/m1/s1. The zero-order valence-corrected chi connectivity index (χ0v) is 12.8. The number of carbonyl (C=O) groups excluding carboxylic acids is 1.